The van der Waals surface area contributed by atoms with Gasteiger partial charge in [0.15, 0.2) is 0 Å². The number of carbonyl (C=O) groups is 1. The smallest absolute Gasteiger partial charge is 0.374 e. The summed E-state index contributed by atoms with van der Waals surface area (Å²) in [6.07, 6.45) is 0. The van der Waals surface area contributed by atoms with E-state index in [2.05, 4.69) is 0 Å². The number of rotatable bonds is 3. The van der Waals surface area contributed by atoms with E-state index in [0.29, 0.717) is 12.4 Å². The van der Waals surface area contributed by atoms with Crippen molar-refractivity contribution < 1.29 is 13.9 Å². The average Bonchev–Trinajstić information content (AvgIpc) is 2.73. The standard InChI is InChI=1S/C14H14O3/c1-3-16-14(15)13-10(2)9-12(17-13)11-7-5-4-6-8-11/h4-9H,3H2,1-2H3. The fourth-order valence-corrected chi connectivity index (χ4v) is 1.63. The van der Waals surface area contributed by atoms with Gasteiger partial charge < -0.3 is 9.15 Å². The summed E-state index contributed by atoms with van der Waals surface area (Å²) in [6.45, 7) is 3.95. The van der Waals surface area contributed by atoms with Crippen LogP contribution in [0.25, 0.3) is 11.3 Å². The lowest BCUT2D eigenvalue weighted by Gasteiger charge is -1.99. The SMILES string of the molecule is CCOC(=O)c1oc(-c2ccccc2)cc1C. The van der Waals surface area contributed by atoms with Crippen molar-refractivity contribution in [1.82, 2.24) is 0 Å². The topological polar surface area (TPSA) is 39.4 Å². The molecule has 0 bridgehead atoms. The van der Waals surface area contributed by atoms with Crippen LogP contribution in [0.2, 0.25) is 0 Å². The van der Waals surface area contributed by atoms with Crippen LogP contribution in [-0.4, -0.2) is 12.6 Å². The first-order chi connectivity index (χ1) is 8.22. The zero-order valence-corrected chi connectivity index (χ0v) is 9.90. The molecule has 2 rings (SSSR count). The Kier molecular flexibility index (Phi) is 3.28. The molecule has 88 valence electrons. The van der Waals surface area contributed by atoms with E-state index in [-0.39, 0.29) is 5.76 Å². The molecule has 2 aromatic rings. The lowest BCUT2D eigenvalue weighted by Crippen LogP contribution is -2.04. The summed E-state index contributed by atoms with van der Waals surface area (Å²) in [6, 6.07) is 11.5. The molecular weight excluding hydrogens is 216 g/mol. The average molecular weight is 230 g/mol. The van der Waals surface area contributed by atoms with Crippen molar-refractivity contribution in [2.75, 3.05) is 6.61 Å². The second kappa shape index (κ2) is 4.87. The molecule has 3 heteroatoms. The maximum Gasteiger partial charge on any atom is 0.374 e. The van der Waals surface area contributed by atoms with Crippen molar-refractivity contribution in [2.24, 2.45) is 0 Å². The molecule has 0 spiro atoms. The van der Waals surface area contributed by atoms with E-state index in [4.69, 9.17) is 9.15 Å². The Labute approximate surface area is 100 Å². The van der Waals surface area contributed by atoms with Crippen molar-refractivity contribution in [3.63, 3.8) is 0 Å². The highest BCUT2D eigenvalue weighted by Crippen LogP contribution is 2.25. The van der Waals surface area contributed by atoms with E-state index < -0.39 is 5.97 Å². The van der Waals surface area contributed by atoms with Crippen LogP contribution in [0.1, 0.15) is 23.0 Å². The van der Waals surface area contributed by atoms with Gasteiger partial charge in [0.25, 0.3) is 0 Å². The third kappa shape index (κ3) is 2.38. The summed E-state index contributed by atoms with van der Waals surface area (Å²) in [5, 5.41) is 0. The van der Waals surface area contributed by atoms with Crippen molar-refractivity contribution in [3.8, 4) is 11.3 Å². The summed E-state index contributed by atoms with van der Waals surface area (Å²) in [7, 11) is 0. The fourth-order valence-electron chi connectivity index (χ4n) is 1.63. The Morgan fingerprint density at radius 1 is 1.29 bits per heavy atom. The summed E-state index contributed by atoms with van der Waals surface area (Å²) in [5.74, 6) is 0.559. The molecule has 0 amide bonds. The number of benzene rings is 1. The van der Waals surface area contributed by atoms with Gasteiger partial charge in [-0.25, -0.2) is 4.79 Å². The molecule has 0 saturated carbocycles. The Morgan fingerprint density at radius 2 is 2.00 bits per heavy atom. The van der Waals surface area contributed by atoms with Gasteiger partial charge in [-0.15, -0.1) is 0 Å². The molecule has 0 N–H and O–H groups in total. The summed E-state index contributed by atoms with van der Waals surface area (Å²) < 4.78 is 10.5. The highest BCUT2D eigenvalue weighted by Gasteiger charge is 2.17. The molecule has 0 saturated heterocycles. The Hall–Kier alpha value is -2.03. The van der Waals surface area contributed by atoms with Crippen LogP contribution in [-0.2, 0) is 4.74 Å². The van der Waals surface area contributed by atoms with Crippen LogP contribution < -0.4 is 0 Å². The third-order valence-electron chi connectivity index (χ3n) is 2.44. The zero-order valence-electron chi connectivity index (χ0n) is 9.90. The maximum absolute atomic E-state index is 11.6. The minimum Gasteiger partial charge on any atom is -0.460 e. The van der Waals surface area contributed by atoms with E-state index in [0.717, 1.165) is 11.1 Å². The molecule has 0 unspecified atom stereocenters. The first kappa shape index (κ1) is 11.5. The zero-order chi connectivity index (χ0) is 12.3. The number of carbonyl (C=O) groups excluding carboxylic acids is 1. The number of ether oxygens (including phenoxy) is 1. The van der Waals surface area contributed by atoms with Gasteiger partial charge in [-0.3, -0.25) is 0 Å². The number of hydrogen-bond acceptors (Lipinski definition) is 3. The predicted octanol–water partition coefficient (Wildman–Crippen LogP) is 3.43. The van der Waals surface area contributed by atoms with Crippen LogP contribution >= 0.6 is 0 Å². The molecule has 0 radical (unpaired) electrons. The Balaban J connectivity index is 2.34. The first-order valence-electron chi connectivity index (χ1n) is 5.55. The van der Waals surface area contributed by atoms with Gasteiger partial charge in [-0.2, -0.15) is 0 Å². The first-order valence-corrected chi connectivity index (χ1v) is 5.55. The lowest BCUT2D eigenvalue weighted by atomic mass is 10.1. The normalized spacial score (nSPS) is 10.2. The molecule has 1 heterocycles. The van der Waals surface area contributed by atoms with Gasteiger partial charge in [0.1, 0.15) is 5.76 Å². The van der Waals surface area contributed by atoms with Crippen molar-refractivity contribution in [2.45, 2.75) is 13.8 Å². The molecule has 3 nitrogen and oxygen atoms in total. The van der Waals surface area contributed by atoms with E-state index in [1.165, 1.54) is 0 Å². The van der Waals surface area contributed by atoms with Gasteiger partial charge >= 0.3 is 5.97 Å². The highest BCUT2D eigenvalue weighted by molar-refractivity contribution is 5.88. The van der Waals surface area contributed by atoms with Gasteiger partial charge in [-0.05, 0) is 19.9 Å². The van der Waals surface area contributed by atoms with Crippen LogP contribution in [0.5, 0.6) is 0 Å². The van der Waals surface area contributed by atoms with E-state index in [1.807, 2.05) is 43.3 Å². The second-order valence-corrected chi connectivity index (χ2v) is 3.71. The van der Waals surface area contributed by atoms with Crippen LogP contribution in [0, 0.1) is 6.92 Å². The number of aryl methyl sites for hydroxylation is 1. The van der Waals surface area contributed by atoms with Crippen LogP contribution in [0.3, 0.4) is 0 Å². The largest absolute Gasteiger partial charge is 0.460 e. The van der Waals surface area contributed by atoms with E-state index >= 15 is 0 Å². The molecule has 0 atom stereocenters. The molecular formula is C14H14O3. The van der Waals surface area contributed by atoms with Gasteiger partial charge in [0.05, 0.1) is 6.61 Å². The summed E-state index contributed by atoms with van der Waals surface area (Å²) in [4.78, 5) is 11.6. The quantitative estimate of drug-likeness (QED) is 0.758. The Bertz CT molecular complexity index is 512. The Morgan fingerprint density at radius 3 is 2.65 bits per heavy atom. The summed E-state index contributed by atoms with van der Waals surface area (Å²) in [5.41, 5.74) is 1.74. The maximum atomic E-state index is 11.6. The lowest BCUT2D eigenvalue weighted by molar-refractivity contribution is 0.0490. The predicted molar refractivity (Wildman–Crippen MR) is 64.8 cm³/mol. The number of esters is 1. The van der Waals surface area contributed by atoms with Crippen molar-refractivity contribution in [3.05, 3.63) is 47.7 Å². The van der Waals surface area contributed by atoms with E-state index in [9.17, 15) is 4.79 Å². The number of furan rings is 1. The van der Waals surface area contributed by atoms with Gasteiger partial charge in [0, 0.05) is 11.1 Å². The second-order valence-electron chi connectivity index (χ2n) is 3.71. The van der Waals surface area contributed by atoms with E-state index in [1.54, 1.807) is 6.92 Å². The molecule has 0 fully saturated rings. The van der Waals surface area contributed by atoms with Crippen molar-refractivity contribution >= 4 is 5.97 Å². The minimum atomic E-state index is -0.410. The molecule has 0 aliphatic rings. The molecule has 1 aromatic heterocycles. The molecule has 0 aliphatic carbocycles. The number of hydrogen-bond donors (Lipinski definition) is 0. The molecule has 0 aliphatic heterocycles. The third-order valence-corrected chi connectivity index (χ3v) is 2.44. The van der Waals surface area contributed by atoms with Gasteiger partial charge in [-0.1, -0.05) is 30.3 Å². The summed E-state index contributed by atoms with van der Waals surface area (Å²) >= 11 is 0. The fraction of sp³-hybridized carbons (Fsp3) is 0.214. The highest BCUT2D eigenvalue weighted by atomic mass is 16.5. The van der Waals surface area contributed by atoms with Gasteiger partial charge in [0.2, 0.25) is 5.76 Å². The molecule has 1 aromatic carbocycles. The minimum absolute atomic E-state index is 0.283. The monoisotopic (exact) mass is 230 g/mol. The van der Waals surface area contributed by atoms with Crippen LogP contribution in [0.15, 0.2) is 40.8 Å². The molecule has 17 heavy (non-hydrogen) atoms. The van der Waals surface area contributed by atoms with Crippen molar-refractivity contribution in [1.29, 1.82) is 0 Å². The van der Waals surface area contributed by atoms with Crippen LogP contribution in [0.4, 0.5) is 0 Å².